The Kier molecular flexibility index (Phi) is 3.88. The molecule has 8 heteroatoms. The van der Waals surface area contributed by atoms with Crippen LogP contribution in [0.4, 0.5) is 0 Å². The predicted octanol–water partition coefficient (Wildman–Crippen LogP) is 3.75. The molecule has 6 rings (SSSR count). The molecule has 0 atom stereocenters. The third-order valence-electron chi connectivity index (χ3n) is 5.99. The van der Waals surface area contributed by atoms with Crippen molar-refractivity contribution in [3.63, 3.8) is 0 Å². The van der Waals surface area contributed by atoms with Gasteiger partial charge >= 0.3 is 5.97 Å². The molecule has 0 fully saturated rings. The molecule has 0 aliphatic carbocycles. The molecule has 1 aromatic heterocycles. The Morgan fingerprint density at radius 2 is 1.61 bits per heavy atom. The van der Waals surface area contributed by atoms with Gasteiger partial charge in [-0.1, -0.05) is 12.1 Å². The van der Waals surface area contributed by atoms with Crippen molar-refractivity contribution in [1.82, 2.24) is 9.55 Å². The van der Waals surface area contributed by atoms with Crippen LogP contribution in [0.1, 0.15) is 37.4 Å². The maximum Gasteiger partial charge on any atom is 0.340 e. The second-order valence-electron chi connectivity index (χ2n) is 7.95. The summed E-state index contributed by atoms with van der Waals surface area (Å²) < 4.78 is 13.4. The van der Waals surface area contributed by atoms with Crippen LogP contribution >= 0.6 is 0 Å². The topological polar surface area (TPSA) is 111 Å². The summed E-state index contributed by atoms with van der Waals surface area (Å²) in [6.07, 6.45) is 4.61. The summed E-state index contributed by atoms with van der Waals surface area (Å²) in [7, 11) is 0. The van der Waals surface area contributed by atoms with Crippen molar-refractivity contribution in [2.45, 2.75) is 12.0 Å². The number of aromatic hydroxyl groups is 2. The summed E-state index contributed by atoms with van der Waals surface area (Å²) in [6, 6.07) is 14.4. The number of phenolic OH excluding ortho intramolecular Hbond substituents is 2. The molecule has 0 saturated heterocycles. The largest absolute Gasteiger partial charge is 0.508 e. The molecule has 1 spiro atoms. The van der Waals surface area contributed by atoms with Gasteiger partial charge in [0.1, 0.15) is 29.3 Å². The smallest absolute Gasteiger partial charge is 0.340 e. The first-order chi connectivity index (χ1) is 16.0. The Morgan fingerprint density at radius 3 is 2.24 bits per heavy atom. The first-order valence-electron chi connectivity index (χ1n) is 10.2. The zero-order valence-corrected chi connectivity index (χ0v) is 17.1. The van der Waals surface area contributed by atoms with Gasteiger partial charge in [-0.05, 0) is 35.9 Å². The highest BCUT2D eigenvalue weighted by molar-refractivity contribution is 5.97. The zero-order valence-electron chi connectivity index (χ0n) is 17.1. The number of esters is 1. The van der Waals surface area contributed by atoms with Gasteiger partial charge in [-0.25, -0.2) is 9.78 Å². The number of aromatic nitrogens is 2. The summed E-state index contributed by atoms with van der Waals surface area (Å²) in [6.45, 7) is 0. The Morgan fingerprint density at radius 1 is 0.939 bits per heavy atom. The van der Waals surface area contributed by atoms with Crippen LogP contribution in [0.15, 0.2) is 73.3 Å². The minimum atomic E-state index is -1.32. The number of nitrogens with zero attached hydrogens (tertiary/aromatic N) is 2. The predicted molar refractivity (Wildman–Crippen MR) is 115 cm³/mol. The molecular formula is C25H16N2O6. The van der Waals surface area contributed by atoms with Crippen molar-refractivity contribution in [3.05, 3.63) is 101 Å². The molecule has 2 aliphatic rings. The van der Waals surface area contributed by atoms with E-state index in [1.807, 2.05) is 0 Å². The minimum Gasteiger partial charge on any atom is -0.508 e. The summed E-state index contributed by atoms with van der Waals surface area (Å²) in [5, 5.41) is 20.0. The van der Waals surface area contributed by atoms with E-state index in [0.717, 1.165) is 0 Å². The average molecular weight is 440 g/mol. The first kappa shape index (κ1) is 19.1. The Hall–Kier alpha value is -4.59. The number of benzene rings is 3. The number of hydrogen-bond donors (Lipinski definition) is 2. The molecule has 4 aromatic rings. The van der Waals surface area contributed by atoms with E-state index in [1.165, 1.54) is 41.4 Å². The Balaban J connectivity index is 1.52. The number of carbonyl (C=O) groups is 2. The van der Waals surface area contributed by atoms with E-state index in [1.54, 1.807) is 36.5 Å². The molecule has 0 radical (unpaired) electrons. The van der Waals surface area contributed by atoms with Crippen LogP contribution < -0.4 is 4.74 Å². The van der Waals surface area contributed by atoms with Crippen LogP contribution in [0.25, 0.3) is 0 Å². The van der Waals surface area contributed by atoms with Crippen LogP contribution in [0.2, 0.25) is 0 Å². The second kappa shape index (κ2) is 6.70. The van der Waals surface area contributed by atoms with Gasteiger partial charge in [0.15, 0.2) is 5.60 Å². The van der Waals surface area contributed by atoms with E-state index < -0.39 is 11.6 Å². The highest BCUT2D eigenvalue weighted by Crippen LogP contribution is 2.57. The second-order valence-corrected chi connectivity index (χ2v) is 7.95. The molecule has 0 unspecified atom stereocenters. The van der Waals surface area contributed by atoms with E-state index in [0.29, 0.717) is 39.3 Å². The Labute approximate surface area is 187 Å². The van der Waals surface area contributed by atoms with E-state index in [4.69, 9.17) is 9.47 Å². The molecule has 3 heterocycles. The van der Waals surface area contributed by atoms with Crippen molar-refractivity contribution in [1.29, 1.82) is 0 Å². The Bertz CT molecular complexity index is 1410. The summed E-state index contributed by atoms with van der Waals surface area (Å²) >= 11 is 0. The maximum atomic E-state index is 13.1. The molecule has 3 aromatic carbocycles. The average Bonchev–Trinajstić information content (AvgIpc) is 3.42. The SMILES string of the molecule is O=C1OC2(c3ccc(O)cc3Oc3cc(O)ccc32)c2ccc(CC(=O)n3ccnc3)cc21. The van der Waals surface area contributed by atoms with E-state index in [9.17, 15) is 19.8 Å². The lowest BCUT2D eigenvalue weighted by Crippen LogP contribution is -2.32. The lowest BCUT2D eigenvalue weighted by atomic mass is 9.77. The molecule has 0 saturated carbocycles. The minimum absolute atomic E-state index is 0.00888. The van der Waals surface area contributed by atoms with Gasteiger partial charge in [0.25, 0.3) is 0 Å². The molecule has 0 bridgehead atoms. The van der Waals surface area contributed by atoms with Crippen molar-refractivity contribution < 1.29 is 29.3 Å². The maximum absolute atomic E-state index is 13.1. The molecule has 0 amide bonds. The summed E-state index contributed by atoms with van der Waals surface area (Å²) in [5.41, 5.74) is 1.37. The van der Waals surface area contributed by atoms with Crippen molar-refractivity contribution in [2.24, 2.45) is 0 Å². The molecule has 33 heavy (non-hydrogen) atoms. The van der Waals surface area contributed by atoms with Crippen LogP contribution in [-0.2, 0) is 16.8 Å². The van der Waals surface area contributed by atoms with Gasteiger partial charge in [0.05, 0.1) is 12.0 Å². The van der Waals surface area contributed by atoms with Crippen molar-refractivity contribution >= 4 is 11.9 Å². The van der Waals surface area contributed by atoms with Crippen molar-refractivity contribution in [2.75, 3.05) is 0 Å². The fourth-order valence-electron chi connectivity index (χ4n) is 4.54. The number of rotatable bonds is 2. The zero-order chi connectivity index (χ0) is 22.7. The van der Waals surface area contributed by atoms with Crippen LogP contribution in [0.5, 0.6) is 23.0 Å². The highest BCUT2D eigenvalue weighted by Gasteiger charge is 2.53. The molecule has 8 nitrogen and oxygen atoms in total. The molecule has 162 valence electrons. The van der Waals surface area contributed by atoms with Crippen LogP contribution in [0.3, 0.4) is 0 Å². The number of ether oxygens (including phenoxy) is 2. The summed E-state index contributed by atoms with van der Waals surface area (Å²) in [5.74, 6) is -0.111. The molecule has 2 aliphatic heterocycles. The number of hydrogen-bond acceptors (Lipinski definition) is 7. The van der Waals surface area contributed by atoms with E-state index in [2.05, 4.69) is 4.98 Å². The number of fused-ring (bicyclic) bond motifs is 6. The van der Waals surface area contributed by atoms with Crippen molar-refractivity contribution in [3.8, 4) is 23.0 Å². The summed E-state index contributed by atoms with van der Waals surface area (Å²) in [4.78, 5) is 29.5. The van der Waals surface area contributed by atoms with Gasteiger partial charge in [-0.15, -0.1) is 0 Å². The number of carbonyl (C=O) groups excluding carboxylic acids is 2. The third kappa shape index (κ3) is 2.74. The van der Waals surface area contributed by atoms with E-state index >= 15 is 0 Å². The van der Waals surface area contributed by atoms with Gasteiger partial charge in [0.2, 0.25) is 5.91 Å². The number of imidazole rings is 1. The third-order valence-corrected chi connectivity index (χ3v) is 5.99. The quantitative estimate of drug-likeness (QED) is 0.457. The highest BCUT2D eigenvalue weighted by atomic mass is 16.6. The number of phenols is 2. The first-order valence-corrected chi connectivity index (χ1v) is 10.2. The van der Waals surface area contributed by atoms with Gasteiger partial charge in [-0.2, -0.15) is 0 Å². The van der Waals surface area contributed by atoms with E-state index in [-0.39, 0.29) is 23.8 Å². The monoisotopic (exact) mass is 440 g/mol. The standard InChI is InChI=1S/C25H16N2O6/c28-15-2-5-19-21(11-15)32-22-12-16(29)3-6-20(22)25(19)18-4-1-14(9-17(18)24(31)33-25)10-23(30)27-8-7-26-13-27/h1-9,11-13,28-29H,10H2. The van der Waals surface area contributed by atoms with Crippen LogP contribution in [0, 0.1) is 0 Å². The fraction of sp³-hybridized carbons (Fsp3) is 0.0800. The normalized spacial score (nSPS) is 14.7. The lowest BCUT2D eigenvalue weighted by Gasteiger charge is -2.36. The fourth-order valence-corrected chi connectivity index (χ4v) is 4.54. The van der Waals surface area contributed by atoms with Gasteiger partial charge < -0.3 is 19.7 Å². The molecular weight excluding hydrogens is 424 g/mol. The lowest BCUT2D eigenvalue weighted by molar-refractivity contribution is 0.0224. The van der Waals surface area contributed by atoms with Gasteiger partial charge in [-0.3, -0.25) is 9.36 Å². The molecule has 2 N–H and O–H groups in total. The van der Waals surface area contributed by atoms with Crippen LogP contribution in [-0.4, -0.2) is 31.6 Å². The van der Waals surface area contributed by atoms with Gasteiger partial charge in [0, 0.05) is 41.2 Å².